The molecule has 0 aliphatic heterocycles. The van der Waals surface area contributed by atoms with Crippen LogP contribution in [-0.4, -0.2) is 5.91 Å². The number of amides is 1. The maximum atomic E-state index is 12.9. The SMILES string of the molecule is Cc1ccc(/C=C/C(=O)Nc2ccc3c(=O)c4cc(C)cc(C)c4oc3c2)cc1. The fourth-order valence-electron chi connectivity index (χ4n) is 3.42. The van der Waals surface area contributed by atoms with Crippen LogP contribution in [0.15, 0.2) is 69.9 Å². The van der Waals surface area contributed by atoms with E-state index in [1.807, 2.05) is 57.2 Å². The van der Waals surface area contributed by atoms with Gasteiger partial charge >= 0.3 is 0 Å². The van der Waals surface area contributed by atoms with Crippen LogP contribution in [0.5, 0.6) is 0 Å². The lowest BCUT2D eigenvalue weighted by Crippen LogP contribution is -2.08. The molecular weight excluding hydrogens is 362 g/mol. The summed E-state index contributed by atoms with van der Waals surface area (Å²) in [7, 11) is 0. The third-order valence-electron chi connectivity index (χ3n) is 4.87. The minimum atomic E-state index is -0.250. The number of rotatable bonds is 3. The number of fused-ring (bicyclic) bond motifs is 2. The summed E-state index contributed by atoms with van der Waals surface area (Å²) in [6, 6.07) is 16.8. The van der Waals surface area contributed by atoms with Gasteiger partial charge in [0.05, 0.1) is 10.8 Å². The summed E-state index contributed by atoms with van der Waals surface area (Å²) >= 11 is 0. The number of nitrogens with one attached hydrogen (secondary N) is 1. The average molecular weight is 383 g/mol. The number of hydrogen-bond acceptors (Lipinski definition) is 3. The van der Waals surface area contributed by atoms with Crippen molar-refractivity contribution in [1.29, 1.82) is 0 Å². The Morgan fingerprint density at radius 2 is 1.66 bits per heavy atom. The Bertz CT molecular complexity index is 1330. The number of anilines is 1. The molecule has 0 fully saturated rings. The van der Waals surface area contributed by atoms with Crippen LogP contribution in [0.4, 0.5) is 5.69 Å². The van der Waals surface area contributed by atoms with Crippen molar-refractivity contribution < 1.29 is 9.21 Å². The average Bonchev–Trinajstić information content (AvgIpc) is 2.68. The Labute approximate surface area is 168 Å². The van der Waals surface area contributed by atoms with Crippen LogP contribution in [0.3, 0.4) is 0 Å². The maximum Gasteiger partial charge on any atom is 0.248 e. The first kappa shape index (κ1) is 18.7. The third kappa shape index (κ3) is 3.83. The van der Waals surface area contributed by atoms with E-state index in [4.69, 9.17) is 4.42 Å². The van der Waals surface area contributed by atoms with Crippen molar-refractivity contribution in [2.75, 3.05) is 5.32 Å². The second kappa shape index (κ2) is 7.40. The normalized spacial score (nSPS) is 11.4. The Morgan fingerprint density at radius 3 is 2.41 bits per heavy atom. The minimum Gasteiger partial charge on any atom is -0.455 e. The molecule has 4 rings (SSSR count). The number of carbonyl (C=O) groups excluding carboxylic acids is 1. The maximum absolute atomic E-state index is 12.9. The number of aryl methyl sites for hydroxylation is 3. The predicted octanol–water partition coefficient (Wildman–Crippen LogP) is 5.52. The molecule has 0 aliphatic carbocycles. The van der Waals surface area contributed by atoms with Gasteiger partial charge in [-0.05, 0) is 61.7 Å². The lowest BCUT2D eigenvalue weighted by Gasteiger charge is -2.07. The van der Waals surface area contributed by atoms with E-state index in [1.165, 1.54) is 11.6 Å². The Morgan fingerprint density at radius 1 is 0.897 bits per heavy atom. The van der Waals surface area contributed by atoms with Crippen LogP contribution in [0, 0.1) is 20.8 Å². The molecule has 4 nitrogen and oxygen atoms in total. The van der Waals surface area contributed by atoms with E-state index in [9.17, 15) is 9.59 Å². The van der Waals surface area contributed by atoms with Gasteiger partial charge in [0.2, 0.25) is 11.3 Å². The quantitative estimate of drug-likeness (QED) is 0.374. The van der Waals surface area contributed by atoms with Crippen molar-refractivity contribution in [3.05, 3.63) is 93.2 Å². The molecule has 0 saturated heterocycles. The number of hydrogen-bond donors (Lipinski definition) is 1. The van der Waals surface area contributed by atoms with E-state index in [1.54, 1.807) is 24.3 Å². The lowest BCUT2D eigenvalue weighted by atomic mass is 10.1. The smallest absolute Gasteiger partial charge is 0.248 e. The van der Waals surface area contributed by atoms with E-state index in [-0.39, 0.29) is 11.3 Å². The van der Waals surface area contributed by atoms with Gasteiger partial charge in [0.15, 0.2) is 0 Å². The second-order valence-corrected chi connectivity index (χ2v) is 7.33. The molecule has 0 atom stereocenters. The van der Waals surface area contributed by atoms with E-state index >= 15 is 0 Å². The first-order valence-electron chi connectivity index (χ1n) is 9.44. The highest BCUT2D eigenvalue weighted by atomic mass is 16.3. The van der Waals surface area contributed by atoms with Gasteiger partial charge in [-0.1, -0.05) is 35.9 Å². The molecule has 144 valence electrons. The summed E-state index contributed by atoms with van der Waals surface area (Å²) in [6.45, 7) is 5.90. The summed E-state index contributed by atoms with van der Waals surface area (Å²) in [6.07, 6.45) is 3.24. The molecule has 1 N–H and O–H groups in total. The molecule has 1 amide bonds. The van der Waals surface area contributed by atoms with Crippen molar-refractivity contribution in [2.24, 2.45) is 0 Å². The molecule has 0 aliphatic rings. The van der Waals surface area contributed by atoms with Gasteiger partial charge in [0, 0.05) is 17.8 Å². The lowest BCUT2D eigenvalue weighted by molar-refractivity contribution is -0.111. The molecule has 0 saturated carbocycles. The molecule has 3 aromatic carbocycles. The van der Waals surface area contributed by atoms with Gasteiger partial charge in [0.1, 0.15) is 11.2 Å². The zero-order valence-corrected chi connectivity index (χ0v) is 16.6. The van der Waals surface area contributed by atoms with Gasteiger partial charge in [-0.2, -0.15) is 0 Å². The molecule has 0 bridgehead atoms. The summed E-state index contributed by atoms with van der Waals surface area (Å²) in [5, 5.41) is 3.89. The predicted molar refractivity (Wildman–Crippen MR) is 118 cm³/mol. The van der Waals surface area contributed by atoms with Gasteiger partial charge < -0.3 is 9.73 Å². The molecule has 0 spiro atoms. The fourth-order valence-corrected chi connectivity index (χ4v) is 3.42. The first-order chi connectivity index (χ1) is 13.9. The Balaban J connectivity index is 1.65. The molecule has 0 radical (unpaired) electrons. The third-order valence-corrected chi connectivity index (χ3v) is 4.87. The highest BCUT2D eigenvalue weighted by molar-refractivity contribution is 6.03. The van der Waals surface area contributed by atoms with Gasteiger partial charge in [0.25, 0.3) is 0 Å². The van der Waals surface area contributed by atoms with Crippen molar-refractivity contribution in [2.45, 2.75) is 20.8 Å². The van der Waals surface area contributed by atoms with Crippen molar-refractivity contribution in [3.8, 4) is 0 Å². The van der Waals surface area contributed by atoms with E-state index in [0.717, 1.165) is 16.7 Å². The van der Waals surface area contributed by atoms with Crippen LogP contribution >= 0.6 is 0 Å². The molecule has 4 aromatic rings. The highest BCUT2D eigenvalue weighted by Crippen LogP contribution is 2.25. The highest BCUT2D eigenvalue weighted by Gasteiger charge is 2.11. The topological polar surface area (TPSA) is 59.3 Å². The van der Waals surface area contributed by atoms with Crippen LogP contribution < -0.4 is 10.7 Å². The molecule has 0 unspecified atom stereocenters. The largest absolute Gasteiger partial charge is 0.455 e. The summed E-state index contributed by atoms with van der Waals surface area (Å²) in [4.78, 5) is 25.1. The number of carbonyl (C=O) groups is 1. The summed E-state index contributed by atoms with van der Waals surface area (Å²) in [5.74, 6) is -0.250. The van der Waals surface area contributed by atoms with Gasteiger partial charge in [-0.15, -0.1) is 0 Å². The van der Waals surface area contributed by atoms with Gasteiger partial charge in [-0.3, -0.25) is 9.59 Å². The number of benzene rings is 3. The molecule has 29 heavy (non-hydrogen) atoms. The molecular formula is C25H21NO3. The Hall–Kier alpha value is -3.66. The monoisotopic (exact) mass is 383 g/mol. The first-order valence-corrected chi connectivity index (χ1v) is 9.44. The van der Waals surface area contributed by atoms with Crippen LogP contribution in [0.1, 0.15) is 22.3 Å². The zero-order chi connectivity index (χ0) is 20.5. The van der Waals surface area contributed by atoms with Crippen molar-refractivity contribution >= 4 is 39.6 Å². The summed E-state index contributed by atoms with van der Waals surface area (Å²) in [5.41, 5.74) is 5.59. The molecule has 4 heteroatoms. The van der Waals surface area contributed by atoms with Crippen LogP contribution in [-0.2, 0) is 4.79 Å². The fraction of sp³-hybridized carbons (Fsp3) is 0.120. The van der Waals surface area contributed by atoms with Crippen molar-refractivity contribution in [3.63, 3.8) is 0 Å². The van der Waals surface area contributed by atoms with E-state index in [2.05, 4.69) is 5.32 Å². The van der Waals surface area contributed by atoms with Crippen LogP contribution in [0.2, 0.25) is 0 Å². The van der Waals surface area contributed by atoms with E-state index in [0.29, 0.717) is 27.6 Å². The second-order valence-electron chi connectivity index (χ2n) is 7.33. The summed E-state index contributed by atoms with van der Waals surface area (Å²) < 4.78 is 6.01. The zero-order valence-electron chi connectivity index (χ0n) is 16.6. The standard InChI is InChI=1S/C25H21NO3/c1-15-4-6-18(7-5-15)8-11-23(27)26-19-9-10-20-22(14-19)29-25-17(3)12-16(2)13-21(25)24(20)28/h4-14H,1-3H3,(H,26,27)/b11-8+. The van der Waals surface area contributed by atoms with Crippen LogP contribution in [0.25, 0.3) is 28.0 Å². The molecule has 1 heterocycles. The van der Waals surface area contributed by atoms with E-state index < -0.39 is 0 Å². The van der Waals surface area contributed by atoms with Crippen molar-refractivity contribution in [1.82, 2.24) is 0 Å². The minimum absolute atomic E-state index is 0.0646. The molecule has 1 aromatic heterocycles. The Kier molecular flexibility index (Phi) is 4.77. The van der Waals surface area contributed by atoms with Gasteiger partial charge in [-0.25, -0.2) is 0 Å².